The van der Waals surface area contributed by atoms with Crippen LogP contribution in [0.4, 0.5) is 5.69 Å². The van der Waals surface area contributed by atoms with E-state index < -0.39 is 0 Å². The molecule has 2 fully saturated rings. The van der Waals surface area contributed by atoms with E-state index in [9.17, 15) is 5.11 Å². The number of nitriles is 1. The lowest BCUT2D eigenvalue weighted by molar-refractivity contribution is 0.166. The SMILES string of the molecule is N#Cc1cnccc1N[C@@H]1[C@H]2CC[C@H](C2)[C@@H]1CO. The van der Waals surface area contributed by atoms with Crippen molar-refractivity contribution in [3.8, 4) is 6.07 Å². The Kier molecular flexibility index (Phi) is 2.92. The Morgan fingerprint density at radius 3 is 3.06 bits per heavy atom. The van der Waals surface area contributed by atoms with Crippen LogP contribution in [0.5, 0.6) is 0 Å². The molecule has 2 aliphatic carbocycles. The fourth-order valence-electron chi connectivity index (χ4n) is 3.69. The fourth-order valence-corrected chi connectivity index (χ4v) is 3.69. The maximum Gasteiger partial charge on any atom is 0.103 e. The average molecular weight is 243 g/mol. The highest BCUT2D eigenvalue weighted by molar-refractivity contribution is 5.56. The topological polar surface area (TPSA) is 68.9 Å². The zero-order chi connectivity index (χ0) is 12.5. The molecule has 2 N–H and O–H groups in total. The second kappa shape index (κ2) is 4.58. The predicted octanol–water partition coefficient (Wildman–Crippen LogP) is 1.77. The molecule has 4 nitrogen and oxygen atoms in total. The maximum absolute atomic E-state index is 9.55. The lowest BCUT2D eigenvalue weighted by Gasteiger charge is -2.31. The van der Waals surface area contributed by atoms with Crippen molar-refractivity contribution in [1.82, 2.24) is 4.98 Å². The van der Waals surface area contributed by atoms with Crippen molar-refractivity contribution in [2.24, 2.45) is 17.8 Å². The highest BCUT2D eigenvalue weighted by Gasteiger charge is 2.47. The first kappa shape index (κ1) is 11.5. The summed E-state index contributed by atoms with van der Waals surface area (Å²) in [6.45, 7) is 0.242. The highest BCUT2D eigenvalue weighted by atomic mass is 16.3. The van der Waals surface area contributed by atoms with Crippen LogP contribution in [0, 0.1) is 29.1 Å². The molecule has 0 saturated heterocycles. The Hall–Kier alpha value is -1.60. The summed E-state index contributed by atoms with van der Waals surface area (Å²) in [5.41, 5.74) is 1.43. The van der Waals surface area contributed by atoms with Crippen LogP contribution >= 0.6 is 0 Å². The van der Waals surface area contributed by atoms with Crippen LogP contribution in [-0.2, 0) is 0 Å². The molecule has 0 amide bonds. The van der Waals surface area contributed by atoms with Gasteiger partial charge in [-0.15, -0.1) is 0 Å². The van der Waals surface area contributed by atoms with Crippen LogP contribution in [0.2, 0.25) is 0 Å². The first-order valence-electron chi connectivity index (χ1n) is 6.55. The minimum Gasteiger partial charge on any atom is -0.396 e. The summed E-state index contributed by atoms with van der Waals surface area (Å²) in [6.07, 6.45) is 6.99. The van der Waals surface area contributed by atoms with Crippen LogP contribution in [-0.4, -0.2) is 22.7 Å². The van der Waals surface area contributed by atoms with Crippen molar-refractivity contribution < 1.29 is 5.11 Å². The van der Waals surface area contributed by atoms with Crippen LogP contribution in [0.15, 0.2) is 18.5 Å². The van der Waals surface area contributed by atoms with Crippen LogP contribution in [0.3, 0.4) is 0 Å². The lowest BCUT2D eigenvalue weighted by Crippen LogP contribution is -2.36. The number of anilines is 1. The summed E-state index contributed by atoms with van der Waals surface area (Å²) in [4.78, 5) is 3.97. The van der Waals surface area contributed by atoms with Gasteiger partial charge in [-0.25, -0.2) is 0 Å². The van der Waals surface area contributed by atoms with E-state index in [0.717, 1.165) is 5.69 Å². The number of fused-ring (bicyclic) bond motifs is 2. The first-order chi connectivity index (χ1) is 8.83. The van der Waals surface area contributed by atoms with E-state index in [-0.39, 0.29) is 6.61 Å². The Balaban J connectivity index is 1.82. The molecule has 3 rings (SSSR count). The third-order valence-electron chi connectivity index (χ3n) is 4.56. The molecule has 2 aliphatic rings. The summed E-state index contributed by atoms with van der Waals surface area (Å²) in [7, 11) is 0. The Morgan fingerprint density at radius 1 is 1.44 bits per heavy atom. The van der Waals surface area contributed by atoms with Crippen LogP contribution < -0.4 is 5.32 Å². The van der Waals surface area contributed by atoms with E-state index in [0.29, 0.717) is 29.4 Å². The van der Waals surface area contributed by atoms with Crippen molar-refractivity contribution in [1.29, 1.82) is 5.26 Å². The molecule has 18 heavy (non-hydrogen) atoms. The molecule has 1 aromatic rings. The van der Waals surface area contributed by atoms with Crippen LogP contribution in [0.1, 0.15) is 24.8 Å². The summed E-state index contributed by atoms with van der Waals surface area (Å²) >= 11 is 0. The number of pyridine rings is 1. The van der Waals surface area contributed by atoms with Crippen molar-refractivity contribution in [2.75, 3.05) is 11.9 Å². The molecular formula is C14H17N3O. The number of aliphatic hydroxyl groups is 1. The number of nitrogens with one attached hydrogen (secondary N) is 1. The molecule has 2 saturated carbocycles. The molecule has 0 unspecified atom stereocenters. The van der Waals surface area contributed by atoms with Gasteiger partial charge >= 0.3 is 0 Å². The van der Waals surface area contributed by atoms with Gasteiger partial charge in [0.05, 0.1) is 11.3 Å². The van der Waals surface area contributed by atoms with Gasteiger partial charge in [0.2, 0.25) is 0 Å². The van der Waals surface area contributed by atoms with Gasteiger partial charge in [0.25, 0.3) is 0 Å². The van der Waals surface area contributed by atoms with Gasteiger partial charge in [0, 0.05) is 31.0 Å². The molecular weight excluding hydrogens is 226 g/mol. The molecule has 1 aromatic heterocycles. The molecule has 4 heteroatoms. The summed E-state index contributed by atoms with van der Waals surface area (Å²) < 4.78 is 0. The molecule has 4 atom stereocenters. The fraction of sp³-hybridized carbons (Fsp3) is 0.571. The van der Waals surface area contributed by atoms with E-state index in [1.165, 1.54) is 19.3 Å². The Bertz CT molecular complexity index is 482. The minimum atomic E-state index is 0.242. The molecule has 94 valence electrons. The summed E-state index contributed by atoms with van der Waals surface area (Å²) in [6, 6.07) is 4.31. The van der Waals surface area contributed by atoms with E-state index in [4.69, 9.17) is 5.26 Å². The van der Waals surface area contributed by atoms with Crippen LogP contribution in [0.25, 0.3) is 0 Å². The molecule has 0 aromatic carbocycles. The van der Waals surface area contributed by atoms with Crippen molar-refractivity contribution in [3.05, 3.63) is 24.0 Å². The average Bonchev–Trinajstić information content (AvgIpc) is 3.00. The van der Waals surface area contributed by atoms with Gasteiger partial charge in [-0.3, -0.25) is 4.98 Å². The number of rotatable bonds is 3. The lowest BCUT2D eigenvalue weighted by atomic mass is 9.85. The summed E-state index contributed by atoms with van der Waals surface area (Å²) in [5, 5.41) is 22.1. The van der Waals surface area contributed by atoms with Crippen molar-refractivity contribution in [2.45, 2.75) is 25.3 Å². The molecule has 1 heterocycles. The Morgan fingerprint density at radius 2 is 2.28 bits per heavy atom. The number of aromatic nitrogens is 1. The number of hydrogen-bond acceptors (Lipinski definition) is 4. The Labute approximate surface area is 107 Å². The standard InChI is InChI=1S/C14H17N3O/c15-6-11-7-16-4-3-13(11)17-14-10-2-1-9(5-10)12(14)8-18/h3-4,7,9-10,12,14,18H,1-2,5,8H2,(H,16,17)/t9-,10+,12+,14-/m1/s1. The van der Waals surface area contributed by atoms with Gasteiger partial charge in [0.1, 0.15) is 6.07 Å². The second-order valence-corrected chi connectivity index (χ2v) is 5.38. The molecule has 2 bridgehead atoms. The maximum atomic E-state index is 9.55. The normalized spacial score (nSPS) is 33.3. The monoisotopic (exact) mass is 243 g/mol. The first-order valence-corrected chi connectivity index (χ1v) is 6.55. The van der Waals surface area contributed by atoms with Gasteiger partial charge in [-0.2, -0.15) is 5.26 Å². The van der Waals surface area contributed by atoms with Crippen molar-refractivity contribution >= 4 is 5.69 Å². The molecule has 0 spiro atoms. The van der Waals surface area contributed by atoms with E-state index in [1.807, 2.05) is 6.07 Å². The third-order valence-corrected chi connectivity index (χ3v) is 4.56. The van der Waals surface area contributed by atoms with Gasteiger partial charge in [-0.1, -0.05) is 0 Å². The molecule has 0 aliphatic heterocycles. The largest absolute Gasteiger partial charge is 0.396 e. The zero-order valence-corrected chi connectivity index (χ0v) is 10.2. The van der Waals surface area contributed by atoms with Gasteiger partial charge < -0.3 is 10.4 Å². The predicted molar refractivity (Wildman–Crippen MR) is 67.8 cm³/mol. The highest BCUT2D eigenvalue weighted by Crippen LogP contribution is 2.49. The summed E-state index contributed by atoms with van der Waals surface area (Å²) in [5.74, 6) is 1.64. The minimum absolute atomic E-state index is 0.242. The van der Waals surface area contributed by atoms with E-state index in [2.05, 4.69) is 16.4 Å². The quantitative estimate of drug-likeness (QED) is 0.849. The third kappa shape index (κ3) is 1.75. The molecule has 0 radical (unpaired) electrons. The number of nitrogens with zero attached hydrogens (tertiary/aromatic N) is 2. The van der Waals surface area contributed by atoms with Crippen molar-refractivity contribution in [3.63, 3.8) is 0 Å². The van der Waals surface area contributed by atoms with E-state index >= 15 is 0 Å². The smallest absolute Gasteiger partial charge is 0.103 e. The van der Waals surface area contributed by atoms with Gasteiger partial charge in [0.15, 0.2) is 0 Å². The number of aliphatic hydroxyl groups excluding tert-OH is 1. The zero-order valence-electron chi connectivity index (χ0n) is 10.2. The second-order valence-electron chi connectivity index (χ2n) is 5.38. The van der Waals surface area contributed by atoms with Gasteiger partial charge in [-0.05, 0) is 37.2 Å². The number of hydrogen-bond donors (Lipinski definition) is 2. The van der Waals surface area contributed by atoms with E-state index in [1.54, 1.807) is 12.4 Å².